The van der Waals surface area contributed by atoms with E-state index in [1.54, 1.807) is 6.08 Å². The van der Waals surface area contributed by atoms with Crippen LogP contribution in [-0.2, 0) is 11.3 Å². The number of aromatic amines is 1. The van der Waals surface area contributed by atoms with Crippen LogP contribution in [0.3, 0.4) is 0 Å². The lowest BCUT2D eigenvalue weighted by Gasteiger charge is -2.29. The van der Waals surface area contributed by atoms with Gasteiger partial charge in [-0.3, -0.25) is 24.0 Å². The highest BCUT2D eigenvalue weighted by atomic mass is 32.1. The van der Waals surface area contributed by atoms with E-state index in [2.05, 4.69) is 4.98 Å². The number of carbonyl (C=O) groups is 1. The van der Waals surface area contributed by atoms with Gasteiger partial charge in [0.25, 0.3) is 11.5 Å². The number of unbranched alkanes of at least 4 members (excludes halogenated alkanes) is 1. The van der Waals surface area contributed by atoms with Crippen LogP contribution in [0, 0.1) is 0 Å². The van der Waals surface area contributed by atoms with E-state index >= 15 is 0 Å². The molecule has 7 nitrogen and oxygen atoms in total. The molecule has 1 fully saturated rings. The van der Waals surface area contributed by atoms with E-state index in [1.165, 1.54) is 26.9 Å². The van der Waals surface area contributed by atoms with E-state index in [9.17, 15) is 14.4 Å². The lowest BCUT2D eigenvalue weighted by atomic mass is 10.1. The second kappa shape index (κ2) is 9.05. The Morgan fingerprint density at radius 1 is 1.39 bits per heavy atom. The number of amides is 1. The molecule has 2 aromatic rings. The minimum atomic E-state index is -0.611. The summed E-state index contributed by atoms with van der Waals surface area (Å²) in [6.45, 7) is 2.42. The van der Waals surface area contributed by atoms with Crippen molar-refractivity contribution >= 4 is 34.8 Å². The average molecular weight is 403 g/mol. The van der Waals surface area contributed by atoms with Crippen LogP contribution in [0.4, 0.5) is 11.5 Å². The van der Waals surface area contributed by atoms with Crippen molar-refractivity contribution in [3.8, 4) is 0 Å². The van der Waals surface area contributed by atoms with Gasteiger partial charge < -0.3 is 5.73 Å². The molecular weight excluding hydrogens is 376 g/mol. The molecular formula is C20H26N4O3S. The molecule has 0 aromatic carbocycles. The Kier molecular flexibility index (Phi) is 6.51. The van der Waals surface area contributed by atoms with Crippen LogP contribution < -0.4 is 21.9 Å². The molecule has 3 N–H and O–H groups in total. The largest absolute Gasteiger partial charge is 0.383 e. The number of nitrogens with two attached hydrogens (primary N) is 1. The maximum atomic E-state index is 13.1. The molecule has 0 atom stereocenters. The number of aromatic nitrogens is 2. The number of rotatable bonds is 7. The Hall–Kier alpha value is -2.61. The van der Waals surface area contributed by atoms with E-state index < -0.39 is 11.2 Å². The van der Waals surface area contributed by atoms with Gasteiger partial charge in [0.05, 0.1) is 0 Å². The first kappa shape index (κ1) is 20.1. The SMILES string of the molecule is CCCCn1c(N)c(N(C(=O)C=Cc2cccs2)C2CCCC2)c(=O)[nH]c1=O. The van der Waals surface area contributed by atoms with Crippen LogP contribution in [0.15, 0.2) is 33.2 Å². The van der Waals surface area contributed by atoms with Crippen LogP contribution in [0.5, 0.6) is 0 Å². The molecule has 0 aliphatic heterocycles. The predicted molar refractivity (Wildman–Crippen MR) is 114 cm³/mol. The Morgan fingerprint density at radius 3 is 2.79 bits per heavy atom. The van der Waals surface area contributed by atoms with Crippen LogP contribution in [0.25, 0.3) is 6.08 Å². The van der Waals surface area contributed by atoms with Crippen molar-refractivity contribution in [3.05, 3.63) is 49.3 Å². The third kappa shape index (κ3) is 4.27. The lowest BCUT2D eigenvalue weighted by Crippen LogP contribution is -2.45. The van der Waals surface area contributed by atoms with Gasteiger partial charge in [-0.05, 0) is 36.8 Å². The normalized spacial score (nSPS) is 14.8. The molecule has 28 heavy (non-hydrogen) atoms. The molecule has 0 saturated heterocycles. The number of nitrogen functional groups attached to an aromatic ring is 1. The van der Waals surface area contributed by atoms with Gasteiger partial charge in [0.1, 0.15) is 5.82 Å². The molecule has 1 aliphatic rings. The zero-order valence-corrected chi connectivity index (χ0v) is 16.8. The lowest BCUT2D eigenvalue weighted by molar-refractivity contribution is -0.114. The van der Waals surface area contributed by atoms with E-state index in [4.69, 9.17) is 5.73 Å². The molecule has 0 spiro atoms. The molecule has 2 aromatic heterocycles. The van der Waals surface area contributed by atoms with E-state index in [0.717, 1.165) is 43.4 Å². The van der Waals surface area contributed by atoms with Crippen molar-refractivity contribution in [1.29, 1.82) is 0 Å². The van der Waals surface area contributed by atoms with Gasteiger partial charge in [0.2, 0.25) is 0 Å². The summed E-state index contributed by atoms with van der Waals surface area (Å²) in [5.41, 5.74) is 5.19. The third-order valence-electron chi connectivity index (χ3n) is 5.05. The Bertz CT molecular complexity index is 953. The second-order valence-corrected chi connectivity index (χ2v) is 7.97. The maximum absolute atomic E-state index is 13.1. The van der Waals surface area contributed by atoms with Crippen molar-refractivity contribution < 1.29 is 4.79 Å². The Morgan fingerprint density at radius 2 is 2.14 bits per heavy atom. The van der Waals surface area contributed by atoms with Gasteiger partial charge >= 0.3 is 5.69 Å². The van der Waals surface area contributed by atoms with Gasteiger partial charge in [-0.2, -0.15) is 0 Å². The van der Waals surface area contributed by atoms with Gasteiger partial charge in [0.15, 0.2) is 5.69 Å². The Labute approximate surface area is 167 Å². The second-order valence-electron chi connectivity index (χ2n) is 6.99. The number of hydrogen-bond acceptors (Lipinski definition) is 5. The molecule has 1 amide bonds. The van der Waals surface area contributed by atoms with E-state index in [1.807, 2.05) is 24.4 Å². The predicted octanol–water partition coefficient (Wildman–Crippen LogP) is 2.97. The quantitative estimate of drug-likeness (QED) is 0.695. The summed E-state index contributed by atoms with van der Waals surface area (Å²) >= 11 is 1.53. The fraction of sp³-hybridized carbons (Fsp3) is 0.450. The fourth-order valence-corrected chi connectivity index (χ4v) is 4.22. The number of H-pyrrole nitrogens is 1. The number of nitrogens with one attached hydrogen (secondary N) is 1. The van der Waals surface area contributed by atoms with Gasteiger partial charge in [-0.25, -0.2) is 4.79 Å². The highest BCUT2D eigenvalue weighted by Gasteiger charge is 2.31. The minimum absolute atomic E-state index is 0.0620. The minimum Gasteiger partial charge on any atom is -0.383 e. The standard InChI is InChI=1S/C20H26N4O3S/c1-2-3-12-23-18(21)17(19(26)22-20(23)27)24(14-7-4-5-8-14)16(25)11-10-15-9-6-13-28-15/h6,9-11,13-14H,2-5,7-8,12,21H2,1H3,(H,22,26,27). The van der Waals surface area contributed by atoms with Crippen molar-refractivity contribution in [2.75, 3.05) is 10.6 Å². The zero-order valence-electron chi connectivity index (χ0n) is 16.0. The third-order valence-corrected chi connectivity index (χ3v) is 5.89. The van der Waals surface area contributed by atoms with Gasteiger partial charge in [-0.15, -0.1) is 11.3 Å². The first-order valence-corrected chi connectivity index (χ1v) is 10.6. The molecule has 3 rings (SSSR count). The van der Waals surface area contributed by atoms with Crippen LogP contribution in [0.1, 0.15) is 50.3 Å². The van der Waals surface area contributed by atoms with Gasteiger partial charge in [0, 0.05) is 23.5 Å². The molecule has 0 unspecified atom stereocenters. The summed E-state index contributed by atoms with van der Waals surface area (Å²) in [6, 6.07) is 3.73. The zero-order chi connectivity index (χ0) is 20.1. The van der Waals surface area contributed by atoms with Crippen molar-refractivity contribution in [1.82, 2.24) is 9.55 Å². The average Bonchev–Trinajstić information content (AvgIpc) is 3.36. The monoisotopic (exact) mass is 402 g/mol. The number of nitrogens with zero attached hydrogens (tertiary/aromatic N) is 2. The first-order chi connectivity index (χ1) is 13.5. The topological polar surface area (TPSA) is 101 Å². The summed E-state index contributed by atoms with van der Waals surface area (Å²) in [5, 5.41) is 1.94. The fourth-order valence-electron chi connectivity index (χ4n) is 3.60. The molecule has 0 bridgehead atoms. The molecule has 0 radical (unpaired) electrons. The highest BCUT2D eigenvalue weighted by Crippen LogP contribution is 2.29. The highest BCUT2D eigenvalue weighted by molar-refractivity contribution is 7.10. The number of carbonyl (C=O) groups excluding carboxylic acids is 1. The summed E-state index contributed by atoms with van der Waals surface area (Å²) in [6.07, 6.45) is 8.47. The molecule has 1 aliphatic carbocycles. The van der Waals surface area contributed by atoms with E-state index in [0.29, 0.717) is 6.54 Å². The summed E-state index contributed by atoms with van der Waals surface area (Å²) in [4.78, 5) is 42.8. The molecule has 2 heterocycles. The van der Waals surface area contributed by atoms with Gasteiger partial charge in [-0.1, -0.05) is 32.3 Å². The molecule has 150 valence electrons. The molecule has 8 heteroatoms. The van der Waals surface area contributed by atoms with Crippen molar-refractivity contribution in [2.24, 2.45) is 0 Å². The summed E-state index contributed by atoms with van der Waals surface area (Å²) < 4.78 is 1.36. The Balaban J connectivity index is 2.04. The molecule has 1 saturated carbocycles. The summed E-state index contributed by atoms with van der Waals surface area (Å²) in [7, 11) is 0. The van der Waals surface area contributed by atoms with Crippen LogP contribution in [-0.4, -0.2) is 21.5 Å². The first-order valence-electron chi connectivity index (χ1n) is 9.70. The number of hydrogen-bond donors (Lipinski definition) is 2. The van der Waals surface area contributed by atoms with Crippen LogP contribution in [0.2, 0.25) is 0 Å². The van der Waals surface area contributed by atoms with Crippen molar-refractivity contribution in [3.63, 3.8) is 0 Å². The smallest absolute Gasteiger partial charge is 0.330 e. The summed E-state index contributed by atoms with van der Waals surface area (Å²) in [5.74, 6) is -0.231. The number of anilines is 2. The number of thiophene rings is 1. The van der Waals surface area contributed by atoms with Crippen molar-refractivity contribution in [2.45, 2.75) is 58.0 Å². The van der Waals surface area contributed by atoms with Crippen LogP contribution >= 0.6 is 11.3 Å². The van der Waals surface area contributed by atoms with E-state index in [-0.39, 0.29) is 23.5 Å². The maximum Gasteiger partial charge on any atom is 0.330 e.